The van der Waals surface area contributed by atoms with Crippen LogP contribution in [0.3, 0.4) is 0 Å². The van der Waals surface area contributed by atoms with Gasteiger partial charge in [-0.15, -0.1) is 0 Å². The van der Waals surface area contributed by atoms with Crippen molar-refractivity contribution >= 4 is 10.0 Å². The first-order valence-corrected chi connectivity index (χ1v) is 8.05. The van der Waals surface area contributed by atoms with Gasteiger partial charge in [-0.05, 0) is 37.3 Å². The number of sulfonamides is 1. The lowest BCUT2D eigenvalue weighted by atomic mass is 9.86. The summed E-state index contributed by atoms with van der Waals surface area (Å²) in [4.78, 5) is 0.410. The molecule has 3 nitrogen and oxygen atoms in total. The molecule has 2 fully saturated rings. The zero-order chi connectivity index (χ0) is 12.6. The molecule has 1 saturated carbocycles. The Hall–Kier alpha value is -0.870. The molecule has 0 spiro atoms. The predicted molar refractivity (Wildman–Crippen MR) is 70.1 cm³/mol. The molecule has 2 aliphatic rings. The van der Waals surface area contributed by atoms with E-state index in [2.05, 4.69) is 0 Å². The fourth-order valence-electron chi connectivity index (χ4n) is 3.16. The van der Waals surface area contributed by atoms with Crippen LogP contribution in [-0.2, 0) is 10.0 Å². The van der Waals surface area contributed by atoms with Gasteiger partial charge in [0.25, 0.3) is 0 Å². The zero-order valence-corrected chi connectivity index (χ0v) is 11.1. The van der Waals surface area contributed by atoms with E-state index in [0.29, 0.717) is 10.8 Å². The second-order valence-corrected chi connectivity index (χ2v) is 7.02. The van der Waals surface area contributed by atoms with Gasteiger partial charge in [0.1, 0.15) is 0 Å². The van der Waals surface area contributed by atoms with Crippen LogP contribution in [0.4, 0.5) is 0 Å². The third-order valence-electron chi connectivity index (χ3n) is 4.10. The molecule has 97 valence electrons. The maximum absolute atomic E-state index is 12.6. The molecule has 1 heterocycles. The third-order valence-corrected chi connectivity index (χ3v) is 5.95. The monoisotopic (exact) mass is 264 g/mol. The fourth-order valence-corrected chi connectivity index (χ4v) is 4.82. The Morgan fingerprint density at radius 3 is 2.56 bits per heavy atom. The molecule has 1 saturated heterocycles. The van der Waals surface area contributed by atoms with E-state index in [0.717, 1.165) is 19.3 Å². The minimum atomic E-state index is -3.33. The minimum Gasteiger partial charge on any atom is -0.207 e. The van der Waals surface area contributed by atoms with Crippen molar-refractivity contribution in [1.29, 1.82) is 0 Å². The van der Waals surface area contributed by atoms with Crippen molar-refractivity contribution < 1.29 is 8.42 Å². The van der Waals surface area contributed by atoms with E-state index in [1.807, 2.05) is 12.6 Å². The minimum absolute atomic E-state index is 0.198. The zero-order valence-electron chi connectivity index (χ0n) is 10.3. The smallest absolute Gasteiger partial charge is 0.207 e. The van der Waals surface area contributed by atoms with Crippen molar-refractivity contribution in [3.8, 4) is 0 Å². The Morgan fingerprint density at radius 2 is 1.78 bits per heavy atom. The van der Waals surface area contributed by atoms with Gasteiger partial charge < -0.3 is 0 Å². The molecular formula is C14H18NO2S. The molecule has 2 unspecified atom stereocenters. The van der Waals surface area contributed by atoms with E-state index < -0.39 is 10.0 Å². The normalized spacial score (nSPS) is 29.1. The molecule has 0 bridgehead atoms. The standard InChI is InChI=1S/C14H18NO2S/c16-18(17,13-7-2-1-3-8-13)15-11-10-12-6-4-5-9-14(12)15/h1-3,7-8,11-12,14H,4-6,9-10H2. The highest BCUT2D eigenvalue weighted by Crippen LogP contribution is 2.40. The van der Waals surface area contributed by atoms with Crippen molar-refractivity contribution in [2.24, 2.45) is 5.92 Å². The molecule has 1 radical (unpaired) electrons. The summed E-state index contributed by atoms with van der Waals surface area (Å²) in [5, 5.41) is 0. The first-order chi connectivity index (χ1) is 8.69. The fraction of sp³-hybridized carbons (Fsp3) is 0.500. The Morgan fingerprint density at radius 1 is 1.06 bits per heavy atom. The molecule has 3 rings (SSSR count). The molecule has 18 heavy (non-hydrogen) atoms. The number of benzene rings is 1. The Labute approximate surface area is 109 Å². The SMILES string of the molecule is O=S(=O)(c1ccccc1)N1[CH]CC2CCCCC21. The molecule has 0 aromatic heterocycles. The van der Waals surface area contributed by atoms with E-state index >= 15 is 0 Å². The lowest BCUT2D eigenvalue weighted by Crippen LogP contribution is -2.37. The summed E-state index contributed by atoms with van der Waals surface area (Å²) in [6, 6.07) is 8.96. The molecule has 1 aliphatic carbocycles. The second kappa shape index (κ2) is 4.67. The summed E-state index contributed by atoms with van der Waals surface area (Å²) in [7, 11) is -3.33. The maximum Gasteiger partial charge on any atom is 0.243 e. The molecule has 2 atom stereocenters. The van der Waals surface area contributed by atoms with E-state index in [1.165, 1.54) is 12.8 Å². The van der Waals surface area contributed by atoms with Crippen molar-refractivity contribution in [2.75, 3.05) is 0 Å². The summed E-state index contributed by atoms with van der Waals surface area (Å²) in [6.07, 6.45) is 5.48. The highest BCUT2D eigenvalue weighted by atomic mass is 32.2. The number of rotatable bonds is 2. The molecule has 4 heteroatoms. The number of nitrogens with zero attached hydrogens (tertiary/aromatic N) is 1. The lowest BCUT2D eigenvalue weighted by molar-refractivity contribution is 0.266. The predicted octanol–water partition coefficient (Wildman–Crippen LogP) is 2.80. The van der Waals surface area contributed by atoms with Crippen LogP contribution in [0.5, 0.6) is 0 Å². The van der Waals surface area contributed by atoms with Gasteiger partial charge in [-0.25, -0.2) is 8.42 Å². The van der Waals surface area contributed by atoms with Crippen LogP contribution in [0, 0.1) is 12.5 Å². The van der Waals surface area contributed by atoms with Crippen molar-refractivity contribution in [1.82, 2.24) is 4.31 Å². The molecular weight excluding hydrogens is 246 g/mol. The Bertz CT molecular complexity index is 512. The maximum atomic E-state index is 12.6. The topological polar surface area (TPSA) is 37.4 Å². The average Bonchev–Trinajstić information content (AvgIpc) is 2.84. The van der Waals surface area contributed by atoms with E-state index in [-0.39, 0.29) is 6.04 Å². The molecule has 1 aliphatic heterocycles. The van der Waals surface area contributed by atoms with Crippen LogP contribution in [0.25, 0.3) is 0 Å². The van der Waals surface area contributed by atoms with Gasteiger partial charge in [0.05, 0.1) is 4.90 Å². The molecule has 1 aromatic carbocycles. The van der Waals surface area contributed by atoms with Gasteiger partial charge >= 0.3 is 0 Å². The highest BCUT2D eigenvalue weighted by Gasteiger charge is 2.42. The summed E-state index contributed by atoms with van der Waals surface area (Å²) in [5.41, 5.74) is 0. The highest BCUT2D eigenvalue weighted by molar-refractivity contribution is 7.89. The second-order valence-electron chi connectivity index (χ2n) is 5.18. The van der Waals surface area contributed by atoms with Gasteiger partial charge in [-0.1, -0.05) is 31.0 Å². The van der Waals surface area contributed by atoms with Crippen LogP contribution < -0.4 is 0 Å². The average molecular weight is 264 g/mol. The third kappa shape index (κ3) is 1.97. The van der Waals surface area contributed by atoms with Crippen LogP contribution >= 0.6 is 0 Å². The van der Waals surface area contributed by atoms with Gasteiger partial charge in [0, 0.05) is 12.6 Å². The van der Waals surface area contributed by atoms with E-state index in [1.54, 1.807) is 28.6 Å². The quantitative estimate of drug-likeness (QED) is 0.823. The van der Waals surface area contributed by atoms with Crippen molar-refractivity contribution in [3.63, 3.8) is 0 Å². The summed E-state index contributed by atoms with van der Waals surface area (Å²) < 4.78 is 26.8. The van der Waals surface area contributed by atoms with Gasteiger partial charge in [0.2, 0.25) is 10.0 Å². The van der Waals surface area contributed by atoms with Crippen LogP contribution in [0.1, 0.15) is 32.1 Å². The Kier molecular flexibility index (Phi) is 3.16. The van der Waals surface area contributed by atoms with Gasteiger partial charge in [0.15, 0.2) is 0 Å². The van der Waals surface area contributed by atoms with Crippen molar-refractivity contribution in [2.45, 2.75) is 43.0 Å². The molecule has 0 N–H and O–H groups in total. The number of hydrogen-bond acceptors (Lipinski definition) is 2. The lowest BCUT2D eigenvalue weighted by Gasteiger charge is -2.30. The van der Waals surface area contributed by atoms with E-state index in [9.17, 15) is 8.42 Å². The number of hydrogen-bond donors (Lipinski definition) is 0. The first kappa shape index (κ1) is 12.2. The number of fused-ring (bicyclic) bond motifs is 1. The summed E-state index contributed by atoms with van der Waals surface area (Å²) in [6.45, 7) is 1.89. The largest absolute Gasteiger partial charge is 0.243 e. The van der Waals surface area contributed by atoms with Crippen LogP contribution in [-0.4, -0.2) is 18.8 Å². The Balaban J connectivity index is 1.91. The molecule has 0 amide bonds. The van der Waals surface area contributed by atoms with E-state index in [4.69, 9.17) is 0 Å². The van der Waals surface area contributed by atoms with Gasteiger partial charge in [-0.2, -0.15) is 4.31 Å². The summed E-state index contributed by atoms with van der Waals surface area (Å²) in [5.74, 6) is 0.539. The van der Waals surface area contributed by atoms with Crippen LogP contribution in [0.15, 0.2) is 35.2 Å². The van der Waals surface area contributed by atoms with Gasteiger partial charge in [-0.3, -0.25) is 0 Å². The van der Waals surface area contributed by atoms with Crippen molar-refractivity contribution in [3.05, 3.63) is 36.9 Å². The first-order valence-electron chi connectivity index (χ1n) is 6.61. The summed E-state index contributed by atoms with van der Waals surface area (Å²) >= 11 is 0. The molecule has 1 aromatic rings. The van der Waals surface area contributed by atoms with Crippen LogP contribution in [0.2, 0.25) is 0 Å².